The Balaban J connectivity index is 1.44. The maximum atomic E-state index is 13.0. The fourth-order valence-electron chi connectivity index (χ4n) is 3.58. The van der Waals surface area contributed by atoms with E-state index in [1.165, 1.54) is 0 Å². The molecule has 1 aromatic heterocycles. The van der Waals surface area contributed by atoms with E-state index in [4.69, 9.17) is 27.9 Å². The minimum atomic E-state index is 0.0628. The second-order valence-electron chi connectivity index (χ2n) is 6.88. The number of halogens is 2. The Kier molecular flexibility index (Phi) is 5.02. The van der Waals surface area contributed by atoms with Gasteiger partial charge in [-0.2, -0.15) is 0 Å². The minimum absolute atomic E-state index is 0.0628. The number of hydrogen-bond acceptors (Lipinski definition) is 2. The van der Waals surface area contributed by atoms with Crippen LogP contribution in [0.5, 0.6) is 5.75 Å². The summed E-state index contributed by atoms with van der Waals surface area (Å²) in [6, 6.07) is 13.0. The maximum Gasteiger partial charge on any atom is 0.256 e. The smallest absolute Gasteiger partial charge is 0.256 e. The minimum Gasteiger partial charge on any atom is -0.490 e. The number of ether oxygens (including phenoxy) is 1. The summed E-state index contributed by atoms with van der Waals surface area (Å²) in [5, 5.41) is 2.30. The van der Waals surface area contributed by atoms with Gasteiger partial charge in [0, 0.05) is 54.6 Å². The first-order chi connectivity index (χ1) is 13.0. The standard InChI is InChI=1S/C21H20Cl2N2O2/c1-24-13-19(18-7-4-15(23)12-20(18)24)21(26)25-10-8-17(9-11-25)27-16-5-2-14(22)3-6-16/h2-7,12-13,17H,8-11H2,1H3. The first-order valence-corrected chi connectivity index (χ1v) is 9.73. The molecular weight excluding hydrogens is 383 g/mol. The average molecular weight is 403 g/mol. The molecule has 27 heavy (non-hydrogen) atoms. The Morgan fingerprint density at radius 3 is 2.41 bits per heavy atom. The zero-order valence-electron chi connectivity index (χ0n) is 15.0. The molecule has 0 unspecified atom stereocenters. The number of likely N-dealkylation sites (tertiary alicyclic amines) is 1. The molecule has 4 rings (SSSR count). The van der Waals surface area contributed by atoms with Crippen molar-refractivity contribution in [3.8, 4) is 5.75 Å². The van der Waals surface area contributed by atoms with Gasteiger partial charge in [0.25, 0.3) is 5.91 Å². The predicted octanol–water partition coefficient (Wildman–Crippen LogP) is 5.17. The van der Waals surface area contributed by atoms with Crippen molar-refractivity contribution in [2.45, 2.75) is 18.9 Å². The Morgan fingerprint density at radius 2 is 1.70 bits per heavy atom. The van der Waals surface area contributed by atoms with Crippen LogP contribution in [-0.2, 0) is 7.05 Å². The monoisotopic (exact) mass is 402 g/mol. The van der Waals surface area contributed by atoms with Crippen molar-refractivity contribution in [3.05, 3.63) is 64.3 Å². The van der Waals surface area contributed by atoms with Crippen LogP contribution >= 0.6 is 23.2 Å². The first-order valence-electron chi connectivity index (χ1n) is 8.97. The summed E-state index contributed by atoms with van der Waals surface area (Å²) in [7, 11) is 1.93. The summed E-state index contributed by atoms with van der Waals surface area (Å²) < 4.78 is 7.97. The number of benzene rings is 2. The van der Waals surface area contributed by atoms with Crippen molar-refractivity contribution in [3.63, 3.8) is 0 Å². The third-order valence-electron chi connectivity index (χ3n) is 5.03. The fourth-order valence-corrected chi connectivity index (χ4v) is 3.87. The molecular formula is C21H20Cl2N2O2. The van der Waals surface area contributed by atoms with Gasteiger partial charge in [-0.1, -0.05) is 29.3 Å². The van der Waals surface area contributed by atoms with Crippen LogP contribution in [0.25, 0.3) is 10.9 Å². The molecule has 4 nitrogen and oxygen atoms in total. The fraction of sp³-hybridized carbons (Fsp3) is 0.286. The number of fused-ring (bicyclic) bond motifs is 1. The summed E-state index contributed by atoms with van der Waals surface area (Å²) in [4.78, 5) is 14.9. The summed E-state index contributed by atoms with van der Waals surface area (Å²) in [6.07, 6.45) is 3.62. The summed E-state index contributed by atoms with van der Waals surface area (Å²) in [5.41, 5.74) is 1.69. The Morgan fingerprint density at radius 1 is 1.04 bits per heavy atom. The predicted molar refractivity (Wildman–Crippen MR) is 109 cm³/mol. The van der Waals surface area contributed by atoms with Crippen LogP contribution in [0.4, 0.5) is 0 Å². The number of nitrogens with zero attached hydrogens (tertiary/aromatic N) is 2. The molecule has 140 valence electrons. The Hall–Kier alpha value is -2.17. The molecule has 1 saturated heterocycles. The lowest BCUT2D eigenvalue weighted by atomic mass is 10.1. The highest BCUT2D eigenvalue weighted by Gasteiger charge is 2.26. The number of piperidine rings is 1. The van der Waals surface area contributed by atoms with E-state index >= 15 is 0 Å². The second-order valence-corrected chi connectivity index (χ2v) is 7.75. The molecule has 3 aromatic rings. The number of carbonyl (C=O) groups is 1. The normalized spacial score (nSPS) is 15.3. The molecule has 0 aliphatic carbocycles. The number of amides is 1. The highest BCUT2D eigenvalue weighted by atomic mass is 35.5. The maximum absolute atomic E-state index is 13.0. The van der Waals surface area contributed by atoms with E-state index in [0.29, 0.717) is 23.1 Å². The third kappa shape index (κ3) is 3.78. The zero-order valence-corrected chi connectivity index (χ0v) is 16.5. The van der Waals surface area contributed by atoms with Crippen molar-refractivity contribution in [2.24, 2.45) is 7.05 Å². The third-order valence-corrected chi connectivity index (χ3v) is 5.52. The highest BCUT2D eigenvalue weighted by Crippen LogP contribution is 2.27. The number of aryl methyl sites for hydroxylation is 1. The van der Waals surface area contributed by atoms with Gasteiger partial charge in [0.15, 0.2) is 0 Å². The molecule has 0 N–H and O–H groups in total. The summed E-state index contributed by atoms with van der Waals surface area (Å²) >= 11 is 12.0. The van der Waals surface area contributed by atoms with Gasteiger partial charge in [0.1, 0.15) is 11.9 Å². The van der Waals surface area contributed by atoms with Crippen LogP contribution in [0, 0.1) is 0 Å². The van der Waals surface area contributed by atoms with Crippen molar-refractivity contribution in [2.75, 3.05) is 13.1 Å². The van der Waals surface area contributed by atoms with Crippen LogP contribution < -0.4 is 4.74 Å². The molecule has 0 radical (unpaired) electrons. The van der Waals surface area contributed by atoms with Crippen molar-refractivity contribution in [1.29, 1.82) is 0 Å². The number of aromatic nitrogens is 1. The molecule has 1 amide bonds. The van der Waals surface area contributed by atoms with Crippen LogP contribution in [0.2, 0.25) is 10.0 Å². The van der Waals surface area contributed by atoms with E-state index < -0.39 is 0 Å². The van der Waals surface area contributed by atoms with E-state index in [0.717, 1.165) is 35.1 Å². The summed E-state index contributed by atoms with van der Waals surface area (Å²) in [5.74, 6) is 0.878. The number of hydrogen-bond donors (Lipinski definition) is 0. The van der Waals surface area contributed by atoms with E-state index in [1.54, 1.807) is 0 Å². The van der Waals surface area contributed by atoms with Crippen LogP contribution in [-0.4, -0.2) is 34.6 Å². The number of rotatable bonds is 3. The van der Waals surface area contributed by atoms with Gasteiger partial charge < -0.3 is 14.2 Å². The van der Waals surface area contributed by atoms with Crippen molar-refractivity contribution in [1.82, 2.24) is 9.47 Å². The molecule has 1 fully saturated rings. The van der Waals surface area contributed by atoms with Crippen LogP contribution in [0.1, 0.15) is 23.2 Å². The second kappa shape index (κ2) is 7.45. The Labute approximate surface area is 168 Å². The summed E-state index contributed by atoms with van der Waals surface area (Å²) in [6.45, 7) is 1.36. The first kappa shape index (κ1) is 18.2. The molecule has 2 heterocycles. The molecule has 2 aromatic carbocycles. The highest BCUT2D eigenvalue weighted by molar-refractivity contribution is 6.31. The molecule has 1 aliphatic heterocycles. The van der Waals surface area contributed by atoms with E-state index in [1.807, 2.05) is 65.2 Å². The van der Waals surface area contributed by atoms with E-state index in [9.17, 15) is 4.79 Å². The van der Waals surface area contributed by atoms with Gasteiger partial charge in [-0.3, -0.25) is 4.79 Å². The van der Waals surface area contributed by atoms with Gasteiger partial charge in [-0.05, 0) is 36.4 Å². The van der Waals surface area contributed by atoms with Crippen molar-refractivity contribution < 1.29 is 9.53 Å². The average Bonchev–Trinajstić information content (AvgIpc) is 3.00. The van der Waals surface area contributed by atoms with E-state index in [2.05, 4.69) is 0 Å². The number of carbonyl (C=O) groups excluding carboxylic acids is 1. The lowest BCUT2D eigenvalue weighted by Crippen LogP contribution is -2.41. The molecule has 0 atom stereocenters. The van der Waals surface area contributed by atoms with Crippen LogP contribution in [0.3, 0.4) is 0 Å². The molecule has 0 spiro atoms. The molecule has 1 aliphatic rings. The lowest BCUT2D eigenvalue weighted by Gasteiger charge is -2.32. The molecule has 0 bridgehead atoms. The van der Waals surface area contributed by atoms with Gasteiger partial charge in [-0.25, -0.2) is 0 Å². The van der Waals surface area contributed by atoms with Gasteiger partial charge >= 0.3 is 0 Å². The van der Waals surface area contributed by atoms with Gasteiger partial charge in [0.05, 0.1) is 11.1 Å². The quantitative estimate of drug-likeness (QED) is 0.605. The Bertz CT molecular complexity index is 974. The lowest BCUT2D eigenvalue weighted by molar-refractivity contribution is 0.0597. The zero-order chi connectivity index (χ0) is 19.0. The molecule has 0 saturated carbocycles. The van der Waals surface area contributed by atoms with E-state index in [-0.39, 0.29) is 12.0 Å². The topological polar surface area (TPSA) is 34.5 Å². The van der Waals surface area contributed by atoms with Gasteiger partial charge in [0.2, 0.25) is 0 Å². The van der Waals surface area contributed by atoms with Crippen LogP contribution in [0.15, 0.2) is 48.7 Å². The molecule has 6 heteroatoms. The largest absolute Gasteiger partial charge is 0.490 e. The van der Waals surface area contributed by atoms with Gasteiger partial charge in [-0.15, -0.1) is 0 Å². The SMILES string of the molecule is Cn1cc(C(=O)N2CCC(Oc3ccc(Cl)cc3)CC2)c2ccc(Cl)cc21. The van der Waals surface area contributed by atoms with Crippen molar-refractivity contribution >= 4 is 40.0 Å².